The van der Waals surface area contributed by atoms with Gasteiger partial charge in [-0.2, -0.15) is 4.98 Å². The van der Waals surface area contributed by atoms with Gasteiger partial charge in [-0.15, -0.1) is 0 Å². The number of benzene rings is 1. The molecule has 0 spiro atoms. The van der Waals surface area contributed by atoms with E-state index in [4.69, 9.17) is 28.0 Å². The fourth-order valence-electron chi connectivity index (χ4n) is 9.01. The lowest BCUT2D eigenvalue weighted by Gasteiger charge is -2.32. The molecular weight excluding hydrogens is 777 g/mol. The predicted octanol–water partition coefficient (Wildman–Crippen LogP) is 5.36. The molecule has 3 aliphatic heterocycles. The average molecular weight is 840 g/mol. The van der Waals surface area contributed by atoms with Crippen molar-refractivity contribution in [1.82, 2.24) is 14.6 Å². The number of hydrogen-bond acceptors (Lipinski definition) is 12. The topological polar surface area (TPSA) is 171 Å². The van der Waals surface area contributed by atoms with E-state index in [1.54, 1.807) is 13.2 Å². The Morgan fingerprint density at radius 3 is 2.58 bits per heavy atom. The molecule has 7 rings (SSSR count). The second-order valence-corrected chi connectivity index (χ2v) is 19.8. The zero-order valence-corrected chi connectivity index (χ0v) is 35.6. The molecule has 2 aromatic rings. The molecule has 1 aromatic heterocycles. The molecule has 0 unspecified atom stereocenters. The minimum Gasteiger partial charge on any atom is -0.497 e. The largest absolute Gasteiger partial charge is 0.497 e. The quantitative estimate of drug-likeness (QED) is 0.254. The molecule has 2 saturated carbocycles. The number of ketones is 1. The summed E-state index contributed by atoms with van der Waals surface area (Å²) in [5.41, 5.74) is -3.14. The SMILES string of the molecule is [2H]C([2H])([2H])C(C)(C)OC(=O)C[C@@H]1C(=O)N2C[C@H](Oc3nc(N4CCOCC4)cc4cc(OC)ccc34)C[C@H]2C(=O)C[C@]2(C(=O)NS(=O)(=O)C3CC3)C[C@H]2/C=C\CC[C@H](C)C[C@H]1C. The molecule has 5 aliphatic rings. The van der Waals surface area contributed by atoms with Crippen molar-refractivity contribution in [2.75, 3.05) is 44.9 Å². The van der Waals surface area contributed by atoms with Gasteiger partial charge in [0.25, 0.3) is 0 Å². The molecule has 59 heavy (non-hydrogen) atoms. The zero-order valence-electron chi connectivity index (χ0n) is 37.7. The summed E-state index contributed by atoms with van der Waals surface area (Å²) in [5, 5.41) is 0.851. The Kier molecular flexibility index (Phi) is 11.2. The number of morpholine rings is 1. The number of esters is 1. The molecule has 4 fully saturated rings. The van der Waals surface area contributed by atoms with Crippen LogP contribution < -0.4 is 19.1 Å². The highest BCUT2D eigenvalue weighted by molar-refractivity contribution is 7.90. The maximum Gasteiger partial charge on any atom is 0.307 e. The lowest BCUT2D eigenvalue weighted by Crippen LogP contribution is -2.47. The maximum atomic E-state index is 15.1. The van der Waals surface area contributed by atoms with Gasteiger partial charge in [-0.05, 0) is 107 Å². The van der Waals surface area contributed by atoms with Gasteiger partial charge >= 0.3 is 5.97 Å². The average Bonchev–Trinajstić information content (AvgIpc) is 4.14. The van der Waals surface area contributed by atoms with E-state index in [-0.39, 0.29) is 43.6 Å². The number of amides is 2. The van der Waals surface area contributed by atoms with Crippen LogP contribution in [-0.2, 0) is 38.7 Å². The number of allylic oxidation sites excluding steroid dienone is 2. The molecular formula is C44H60N4O10S. The number of Topliss-reactive ketones (excluding diaryl/α,β-unsaturated/α-hetero) is 1. The number of rotatable bonds is 9. The Balaban J connectivity index is 1.25. The maximum absolute atomic E-state index is 15.1. The number of sulfonamides is 1. The molecule has 7 atom stereocenters. The van der Waals surface area contributed by atoms with Crippen LogP contribution in [0.5, 0.6) is 11.6 Å². The second-order valence-electron chi connectivity index (χ2n) is 17.9. The van der Waals surface area contributed by atoms with Crippen LogP contribution >= 0.6 is 0 Å². The van der Waals surface area contributed by atoms with Crippen molar-refractivity contribution in [2.45, 2.75) is 115 Å². The number of aromatic nitrogens is 1. The molecule has 2 aliphatic carbocycles. The van der Waals surface area contributed by atoms with Crippen molar-refractivity contribution in [3.8, 4) is 11.6 Å². The molecule has 0 radical (unpaired) electrons. The van der Waals surface area contributed by atoms with Crippen LogP contribution in [0.2, 0.25) is 0 Å². The Hall–Kier alpha value is -4.24. The Labute approximate surface area is 352 Å². The molecule has 322 valence electrons. The third kappa shape index (κ3) is 9.88. The molecule has 2 saturated heterocycles. The minimum atomic E-state index is -3.91. The third-order valence-electron chi connectivity index (χ3n) is 12.5. The lowest BCUT2D eigenvalue weighted by molar-refractivity contribution is -0.160. The van der Waals surface area contributed by atoms with E-state index >= 15 is 4.79 Å². The van der Waals surface area contributed by atoms with Crippen molar-refractivity contribution >= 4 is 50.2 Å². The smallest absolute Gasteiger partial charge is 0.307 e. The van der Waals surface area contributed by atoms with E-state index in [0.29, 0.717) is 74.8 Å². The van der Waals surface area contributed by atoms with Crippen molar-refractivity contribution in [3.63, 3.8) is 0 Å². The summed E-state index contributed by atoms with van der Waals surface area (Å²) >= 11 is 0. The lowest BCUT2D eigenvalue weighted by atomic mass is 9.82. The number of anilines is 1. The van der Waals surface area contributed by atoms with Crippen LogP contribution in [0.1, 0.15) is 96.4 Å². The highest BCUT2D eigenvalue weighted by Gasteiger charge is 2.61. The number of nitrogens with one attached hydrogen (secondary N) is 1. The highest BCUT2D eigenvalue weighted by atomic mass is 32.2. The summed E-state index contributed by atoms with van der Waals surface area (Å²) in [6.45, 7) is 6.16. The summed E-state index contributed by atoms with van der Waals surface area (Å²) < 4.78 is 75.5. The number of pyridine rings is 1. The van der Waals surface area contributed by atoms with E-state index in [2.05, 4.69) is 16.5 Å². The number of fused-ring (bicyclic) bond motifs is 3. The van der Waals surface area contributed by atoms with Gasteiger partial charge in [-0.25, -0.2) is 8.42 Å². The van der Waals surface area contributed by atoms with Gasteiger partial charge in [-0.3, -0.25) is 23.9 Å². The van der Waals surface area contributed by atoms with E-state index in [9.17, 15) is 22.8 Å². The van der Waals surface area contributed by atoms with Crippen molar-refractivity contribution in [1.29, 1.82) is 0 Å². The molecule has 0 bridgehead atoms. The highest BCUT2D eigenvalue weighted by Crippen LogP contribution is 2.57. The molecule has 15 heteroatoms. The van der Waals surface area contributed by atoms with E-state index < -0.39 is 81.2 Å². The minimum absolute atomic E-state index is 0.0400. The van der Waals surface area contributed by atoms with Crippen LogP contribution in [-0.4, -0.2) is 105 Å². The molecule has 4 heterocycles. The zero-order chi connectivity index (χ0) is 44.8. The van der Waals surface area contributed by atoms with Gasteiger partial charge < -0.3 is 28.7 Å². The van der Waals surface area contributed by atoms with Crippen LogP contribution in [0.25, 0.3) is 10.8 Å². The molecule has 1 N–H and O–H groups in total. The van der Waals surface area contributed by atoms with Gasteiger partial charge in [0.2, 0.25) is 27.7 Å². The number of nitrogens with zero attached hydrogens (tertiary/aromatic N) is 3. The first kappa shape index (κ1) is 38.9. The predicted molar refractivity (Wildman–Crippen MR) is 221 cm³/mol. The first-order valence-corrected chi connectivity index (χ1v) is 22.5. The van der Waals surface area contributed by atoms with Gasteiger partial charge in [0.15, 0.2) is 5.78 Å². The number of methoxy groups -OCH3 is 1. The van der Waals surface area contributed by atoms with Crippen molar-refractivity contribution < 1.29 is 50.7 Å². The normalized spacial score (nSPS) is 31.0. The van der Waals surface area contributed by atoms with Crippen LogP contribution in [0, 0.1) is 29.1 Å². The van der Waals surface area contributed by atoms with Crippen molar-refractivity contribution in [2.24, 2.45) is 29.1 Å². The van der Waals surface area contributed by atoms with Gasteiger partial charge in [0.05, 0.1) is 55.9 Å². The number of ether oxygens (including phenoxy) is 4. The standard InChI is InChI=1S/C44H60N4O10S/c1-27-9-7-8-10-30-24-44(30,42(52)46-59(53,54)33-12-13-33)25-37(49)36-22-32(26-48(36)41(51)35(28(2)19-27)23-39(50)58-43(3,4)5)57-40-34-14-11-31(55-6)20-29(34)21-38(45-40)47-15-17-56-18-16-47/h8,10-11,14,20-21,27-28,30,32-33,35-36H,7,9,12-13,15-19,22-26H2,1-6H3,(H,46,52)/b10-8-/t27-,28+,30+,32+,35-,36-,44+/m0/s1/i3D3. The Morgan fingerprint density at radius 1 is 1.10 bits per heavy atom. The number of hydrogen-bond donors (Lipinski definition) is 1. The summed E-state index contributed by atoms with van der Waals surface area (Å²) in [4.78, 5) is 66.1. The monoisotopic (exact) mass is 839 g/mol. The van der Waals surface area contributed by atoms with Crippen LogP contribution in [0.4, 0.5) is 5.82 Å². The second kappa shape index (κ2) is 17.0. The van der Waals surface area contributed by atoms with Crippen molar-refractivity contribution in [3.05, 3.63) is 36.4 Å². The summed E-state index contributed by atoms with van der Waals surface area (Å²) in [6.07, 6.45) is 5.58. The number of carbonyl (C=O) groups excluding carboxylic acids is 4. The van der Waals surface area contributed by atoms with E-state index in [1.165, 1.54) is 18.7 Å². The Morgan fingerprint density at radius 2 is 1.86 bits per heavy atom. The fraction of sp³-hybridized carbons (Fsp3) is 0.659. The Bertz CT molecular complexity index is 2190. The van der Waals surface area contributed by atoms with Crippen LogP contribution in [0.3, 0.4) is 0 Å². The fourth-order valence-corrected chi connectivity index (χ4v) is 10.4. The first-order valence-electron chi connectivity index (χ1n) is 22.5. The van der Waals surface area contributed by atoms with Crippen LogP contribution in [0.15, 0.2) is 36.4 Å². The molecule has 14 nitrogen and oxygen atoms in total. The first-order chi connectivity index (χ1) is 29.2. The van der Waals surface area contributed by atoms with E-state index in [0.717, 1.165) is 11.8 Å². The summed E-state index contributed by atoms with van der Waals surface area (Å²) in [5.74, 6) is -2.53. The van der Waals surface area contributed by atoms with Gasteiger partial charge in [0.1, 0.15) is 23.3 Å². The van der Waals surface area contributed by atoms with Gasteiger partial charge in [0, 0.05) is 35.4 Å². The van der Waals surface area contributed by atoms with E-state index in [1.807, 2.05) is 37.3 Å². The van der Waals surface area contributed by atoms with Gasteiger partial charge in [-0.1, -0.05) is 26.0 Å². The summed E-state index contributed by atoms with van der Waals surface area (Å²) in [6, 6.07) is 6.38. The number of carbonyl (C=O) groups is 4. The summed E-state index contributed by atoms with van der Waals surface area (Å²) in [7, 11) is -2.33. The third-order valence-corrected chi connectivity index (χ3v) is 14.3. The molecule has 1 aromatic carbocycles. The molecule has 2 amide bonds.